The predicted octanol–water partition coefficient (Wildman–Crippen LogP) is 1.65. The Balaban J connectivity index is 1.76. The van der Waals surface area contributed by atoms with E-state index in [9.17, 15) is 17.2 Å². The van der Waals surface area contributed by atoms with Crippen LogP contribution in [0.5, 0.6) is 0 Å². The van der Waals surface area contributed by atoms with Gasteiger partial charge in [0.05, 0.1) is 23.2 Å². The first-order valence-corrected chi connectivity index (χ1v) is 8.30. The molecule has 0 amide bonds. The van der Waals surface area contributed by atoms with Crippen molar-refractivity contribution in [1.29, 1.82) is 0 Å². The summed E-state index contributed by atoms with van der Waals surface area (Å²) >= 11 is 1.29. The molecule has 0 bridgehead atoms. The number of benzene rings is 1. The van der Waals surface area contributed by atoms with E-state index in [4.69, 9.17) is 0 Å². The van der Waals surface area contributed by atoms with Crippen molar-refractivity contribution in [2.24, 2.45) is 4.99 Å². The highest BCUT2D eigenvalue weighted by molar-refractivity contribution is 8.15. The van der Waals surface area contributed by atoms with Crippen molar-refractivity contribution in [1.82, 2.24) is 0 Å². The fourth-order valence-corrected chi connectivity index (χ4v) is 5.79. The maximum absolute atomic E-state index is 13.5. The van der Waals surface area contributed by atoms with Gasteiger partial charge >= 0.3 is 0 Å². The van der Waals surface area contributed by atoms with Gasteiger partial charge in [-0.2, -0.15) is 0 Å². The largest absolute Gasteiger partial charge is 0.333 e. The lowest BCUT2D eigenvalue weighted by atomic mass is 10.3. The van der Waals surface area contributed by atoms with Crippen molar-refractivity contribution in [3.05, 3.63) is 29.8 Å². The summed E-state index contributed by atoms with van der Waals surface area (Å²) in [5.74, 6) is -1.20. The van der Waals surface area contributed by atoms with E-state index in [1.54, 1.807) is 0 Å². The number of halogens is 2. The summed E-state index contributed by atoms with van der Waals surface area (Å²) in [5, 5.41) is 3.15. The standard InChI is InChI=1S/C11H10F2N2O2S2/c12-6-1-2-8(7(13)3-6)14-11-15-9-4-19(16,17)5-10(9)18-11/h1-3,9-10H,4-5H2,(H,14,15)/t9-,10-/m1/s1. The maximum Gasteiger partial charge on any atom is 0.161 e. The van der Waals surface area contributed by atoms with Gasteiger partial charge in [0.15, 0.2) is 15.0 Å². The lowest BCUT2D eigenvalue weighted by Crippen LogP contribution is -2.13. The molecule has 2 heterocycles. The molecule has 0 spiro atoms. The van der Waals surface area contributed by atoms with Crippen molar-refractivity contribution >= 4 is 32.5 Å². The van der Waals surface area contributed by atoms with Gasteiger partial charge in [0.1, 0.15) is 11.6 Å². The van der Waals surface area contributed by atoms with Gasteiger partial charge in [0.25, 0.3) is 0 Å². The normalized spacial score (nSPS) is 28.0. The van der Waals surface area contributed by atoms with Crippen LogP contribution in [0.1, 0.15) is 0 Å². The van der Waals surface area contributed by atoms with Crippen molar-refractivity contribution in [3.63, 3.8) is 0 Å². The minimum Gasteiger partial charge on any atom is -0.333 e. The van der Waals surface area contributed by atoms with Gasteiger partial charge in [-0.3, -0.25) is 4.99 Å². The van der Waals surface area contributed by atoms with Crippen molar-refractivity contribution < 1.29 is 17.2 Å². The fourth-order valence-electron chi connectivity index (χ4n) is 2.12. The van der Waals surface area contributed by atoms with E-state index < -0.39 is 21.5 Å². The minimum absolute atomic E-state index is 0.0434. The molecule has 0 saturated carbocycles. The van der Waals surface area contributed by atoms with Gasteiger partial charge in [0.2, 0.25) is 0 Å². The second kappa shape index (κ2) is 4.45. The first-order valence-electron chi connectivity index (χ1n) is 5.60. The van der Waals surface area contributed by atoms with E-state index >= 15 is 0 Å². The summed E-state index contributed by atoms with van der Waals surface area (Å²) in [6.45, 7) is 0. The van der Waals surface area contributed by atoms with E-state index in [0.717, 1.165) is 12.1 Å². The molecule has 1 fully saturated rings. The highest BCUT2D eigenvalue weighted by atomic mass is 32.2. The number of amidine groups is 1. The zero-order chi connectivity index (χ0) is 13.6. The van der Waals surface area contributed by atoms with Crippen LogP contribution >= 0.6 is 11.8 Å². The Morgan fingerprint density at radius 1 is 1.32 bits per heavy atom. The van der Waals surface area contributed by atoms with Crippen LogP contribution in [0.2, 0.25) is 0 Å². The van der Waals surface area contributed by atoms with Crippen molar-refractivity contribution in [2.45, 2.75) is 11.3 Å². The van der Waals surface area contributed by atoms with Gasteiger partial charge in [-0.15, -0.1) is 0 Å². The van der Waals surface area contributed by atoms with Crippen LogP contribution in [0.4, 0.5) is 14.5 Å². The van der Waals surface area contributed by atoms with Gasteiger partial charge in [-0.05, 0) is 12.1 Å². The number of nitrogens with zero attached hydrogens (tertiary/aromatic N) is 1. The molecule has 0 unspecified atom stereocenters. The van der Waals surface area contributed by atoms with Crippen LogP contribution in [0.25, 0.3) is 0 Å². The third kappa shape index (κ3) is 2.59. The van der Waals surface area contributed by atoms with Gasteiger partial charge in [-0.1, -0.05) is 11.8 Å². The zero-order valence-corrected chi connectivity index (χ0v) is 11.3. The van der Waals surface area contributed by atoms with E-state index in [0.29, 0.717) is 5.17 Å². The predicted molar refractivity (Wildman–Crippen MR) is 71.2 cm³/mol. The van der Waals surface area contributed by atoms with Crippen molar-refractivity contribution in [3.8, 4) is 0 Å². The molecule has 19 heavy (non-hydrogen) atoms. The molecule has 8 heteroatoms. The highest BCUT2D eigenvalue weighted by Gasteiger charge is 2.42. The van der Waals surface area contributed by atoms with Crippen LogP contribution in [-0.2, 0) is 9.84 Å². The molecule has 102 valence electrons. The number of fused-ring (bicyclic) bond motifs is 1. The fraction of sp³-hybridized carbons (Fsp3) is 0.364. The number of sulfone groups is 1. The molecule has 0 radical (unpaired) electrons. The Morgan fingerprint density at radius 3 is 2.79 bits per heavy atom. The summed E-state index contributed by atoms with van der Waals surface area (Å²) in [7, 11) is -2.99. The Morgan fingerprint density at radius 2 is 2.11 bits per heavy atom. The van der Waals surface area contributed by atoms with E-state index in [1.807, 2.05) is 0 Å². The monoisotopic (exact) mass is 304 g/mol. The Bertz CT molecular complexity index is 661. The molecule has 1 aromatic rings. The third-order valence-electron chi connectivity index (χ3n) is 2.99. The van der Waals surface area contributed by atoms with Crippen LogP contribution in [-0.4, -0.2) is 36.4 Å². The summed E-state index contributed by atoms with van der Waals surface area (Å²) < 4.78 is 49.0. The van der Waals surface area contributed by atoms with Gasteiger partial charge < -0.3 is 5.32 Å². The number of nitrogens with one attached hydrogen (secondary N) is 1. The molecule has 2 atom stereocenters. The smallest absolute Gasteiger partial charge is 0.161 e. The molecule has 1 saturated heterocycles. The topological polar surface area (TPSA) is 58.5 Å². The molecule has 0 aliphatic carbocycles. The zero-order valence-electron chi connectivity index (χ0n) is 9.64. The number of anilines is 1. The average Bonchev–Trinajstić information content (AvgIpc) is 2.75. The van der Waals surface area contributed by atoms with Gasteiger partial charge in [-0.25, -0.2) is 17.2 Å². The number of hydrogen-bond donors (Lipinski definition) is 1. The average molecular weight is 304 g/mol. The van der Waals surface area contributed by atoms with Crippen LogP contribution in [0.15, 0.2) is 23.2 Å². The lowest BCUT2D eigenvalue weighted by Gasteiger charge is -2.07. The molecule has 1 aromatic carbocycles. The maximum atomic E-state index is 13.5. The Hall–Kier alpha value is -1.15. The SMILES string of the molecule is O=S1(=O)C[C@H]2N=C(Nc3ccc(F)cc3F)S[C@@H]2C1. The Labute approximate surface area is 113 Å². The molecular formula is C11H10F2N2O2S2. The van der Waals surface area contributed by atoms with E-state index in [2.05, 4.69) is 10.3 Å². The number of thioether (sulfide) groups is 1. The first kappa shape index (κ1) is 12.9. The van der Waals surface area contributed by atoms with E-state index in [-0.39, 0.29) is 28.5 Å². The summed E-state index contributed by atoms with van der Waals surface area (Å²) in [6, 6.07) is 2.96. The lowest BCUT2D eigenvalue weighted by molar-refractivity contribution is 0.586. The van der Waals surface area contributed by atoms with E-state index in [1.165, 1.54) is 17.8 Å². The van der Waals surface area contributed by atoms with Crippen LogP contribution < -0.4 is 5.32 Å². The van der Waals surface area contributed by atoms with Crippen LogP contribution in [0.3, 0.4) is 0 Å². The summed E-state index contributed by atoms with van der Waals surface area (Å²) in [4.78, 5) is 4.23. The minimum atomic E-state index is -2.99. The molecule has 4 nitrogen and oxygen atoms in total. The molecule has 2 aliphatic rings. The van der Waals surface area contributed by atoms with Crippen molar-refractivity contribution in [2.75, 3.05) is 16.8 Å². The summed E-state index contributed by atoms with van der Waals surface area (Å²) in [6.07, 6.45) is 0. The summed E-state index contributed by atoms with van der Waals surface area (Å²) in [5.41, 5.74) is 0.135. The Kier molecular flexibility index (Phi) is 3.01. The first-order chi connectivity index (χ1) is 8.93. The van der Waals surface area contributed by atoms with Gasteiger partial charge in [0, 0.05) is 11.3 Å². The molecule has 0 aromatic heterocycles. The molecule has 2 aliphatic heterocycles. The third-order valence-corrected chi connectivity index (χ3v) is 6.13. The molecule has 3 rings (SSSR count). The molecular weight excluding hydrogens is 294 g/mol. The second-order valence-electron chi connectivity index (χ2n) is 4.48. The number of hydrogen-bond acceptors (Lipinski definition) is 5. The quantitative estimate of drug-likeness (QED) is 0.857. The molecule has 1 N–H and O–H groups in total. The second-order valence-corrected chi connectivity index (χ2v) is 7.87. The number of aliphatic imine (C=N–C) groups is 1. The van der Waals surface area contributed by atoms with Crippen LogP contribution in [0, 0.1) is 11.6 Å². The number of rotatable bonds is 1. The highest BCUT2D eigenvalue weighted by Crippen LogP contribution is 2.34.